The molecule has 1 aliphatic rings. The number of hydrogen-bond acceptors (Lipinski definition) is 3. The largest absolute Gasteiger partial charge is 0.320 e. The second-order valence-corrected chi connectivity index (χ2v) is 4.37. The minimum atomic E-state index is -0.608. The number of nitrogens with zero attached hydrogens (tertiary/aromatic N) is 1. The number of nitrogens with two attached hydrogens (primary N) is 1. The van der Waals surface area contributed by atoms with Crippen molar-refractivity contribution in [2.45, 2.75) is 25.3 Å². The van der Waals surface area contributed by atoms with E-state index in [1.165, 1.54) is 6.07 Å². The van der Waals surface area contributed by atoms with Gasteiger partial charge >= 0.3 is 0 Å². The van der Waals surface area contributed by atoms with E-state index in [9.17, 15) is 14.0 Å². The van der Waals surface area contributed by atoms with Gasteiger partial charge in [0.15, 0.2) is 0 Å². The molecule has 4 nitrogen and oxygen atoms in total. The third-order valence-corrected chi connectivity index (χ3v) is 3.12. The topological polar surface area (TPSA) is 63.4 Å². The molecule has 2 rings (SSSR count). The molecule has 1 aromatic carbocycles. The van der Waals surface area contributed by atoms with Gasteiger partial charge in [-0.1, -0.05) is 18.2 Å². The molecule has 0 aliphatic carbocycles. The molecule has 2 N–H and O–H groups in total. The van der Waals surface area contributed by atoms with Gasteiger partial charge in [-0.3, -0.25) is 14.5 Å². The van der Waals surface area contributed by atoms with Crippen molar-refractivity contribution in [2.75, 3.05) is 6.54 Å². The van der Waals surface area contributed by atoms with Gasteiger partial charge in [-0.25, -0.2) is 4.39 Å². The summed E-state index contributed by atoms with van der Waals surface area (Å²) in [6.45, 7) is 0.187. The van der Waals surface area contributed by atoms with Crippen molar-refractivity contribution in [3.63, 3.8) is 0 Å². The molecule has 0 aromatic heterocycles. The van der Waals surface area contributed by atoms with E-state index in [1.54, 1.807) is 18.2 Å². The van der Waals surface area contributed by atoms with Crippen LogP contribution in [0.25, 0.3) is 0 Å². The quantitative estimate of drug-likeness (QED) is 0.809. The Morgan fingerprint density at radius 2 is 2.06 bits per heavy atom. The zero-order valence-electron chi connectivity index (χ0n) is 9.93. The molecule has 0 saturated carbocycles. The molecule has 1 atom stereocenters. The van der Waals surface area contributed by atoms with Crippen LogP contribution < -0.4 is 5.73 Å². The lowest BCUT2D eigenvalue weighted by atomic mass is 10.0. The summed E-state index contributed by atoms with van der Waals surface area (Å²) in [7, 11) is 0. The maximum Gasteiger partial charge on any atom is 0.246 e. The monoisotopic (exact) mass is 250 g/mol. The number of piperidine rings is 1. The van der Waals surface area contributed by atoms with Gasteiger partial charge in [0.1, 0.15) is 5.82 Å². The van der Waals surface area contributed by atoms with Crippen molar-refractivity contribution >= 4 is 11.8 Å². The van der Waals surface area contributed by atoms with E-state index in [1.807, 2.05) is 0 Å². The average Bonchev–Trinajstić information content (AvgIpc) is 2.36. The fraction of sp³-hybridized carbons (Fsp3) is 0.385. The van der Waals surface area contributed by atoms with E-state index in [0.717, 1.165) is 4.90 Å². The van der Waals surface area contributed by atoms with Gasteiger partial charge < -0.3 is 5.73 Å². The molecule has 1 heterocycles. The molecule has 0 spiro atoms. The second-order valence-electron chi connectivity index (χ2n) is 4.37. The van der Waals surface area contributed by atoms with Gasteiger partial charge in [-0.05, 0) is 24.5 Å². The number of halogens is 1. The first-order chi connectivity index (χ1) is 8.59. The highest BCUT2D eigenvalue weighted by Crippen LogP contribution is 2.14. The van der Waals surface area contributed by atoms with Crippen LogP contribution in [0, 0.1) is 5.82 Å². The minimum absolute atomic E-state index is 0.187. The number of likely N-dealkylation sites (tertiary alicyclic amines) is 1. The molecular weight excluding hydrogens is 235 g/mol. The van der Waals surface area contributed by atoms with Gasteiger partial charge in [-0.2, -0.15) is 0 Å². The molecule has 1 unspecified atom stereocenters. The number of benzene rings is 1. The molecule has 1 fully saturated rings. The van der Waals surface area contributed by atoms with Crippen LogP contribution in [0.15, 0.2) is 24.3 Å². The standard InChI is InChI=1S/C13H15FN2O2/c14-10-4-2-1-3-9(10)7-8-16-12(17)6-5-11(15)13(16)18/h1-4,11H,5-8,15H2. The predicted octanol–water partition coefficient (Wildman–Crippen LogP) is 0.844. The van der Waals surface area contributed by atoms with Gasteiger partial charge in [-0.15, -0.1) is 0 Å². The molecule has 0 radical (unpaired) electrons. The SMILES string of the molecule is NC1CCC(=O)N(CCc2ccccc2F)C1=O. The molecule has 1 aromatic rings. The van der Waals surface area contributed by atoms with Crippen LogP contribution in [-0.2, 0) is 16.0 Å². The zero-order valence-corrected chi connectivity index (χ0v) is 9.93. The third-order valence-electron chi connectivity index (χ3n) is 3.12. The molecule has 1 aliphatic heterocycles. The van der Waals surface area contributed by atoms with E-state index in [2.05, 4.69) is 0 Å². The lowest BCUT2D eigenvalue weighted by Crippen LogP contribution is -2.51. The van der Waals surface area contributed by atoms with Crippen LogP contribution >= 0.6 is 0 Å². The summed E-state index contributed by atoms with van der Waals surface area (Å²) in [5, 5.41) is 0. The van der Waals surface area contributed by atoms with Gasteiger partial charge in [0.25, 0.3) is 0 Å². The Labute approximate surface area is 105 Å². The summed E-state index contributed by atoms with van der Waals surface area (Å²) in [6, 6.07) is 5.73. The van der Waals surface area contributed by atoms with Crippen LogP contribution in [0.4, 0.5) is 4.39 Å². The van der Waals surface area contributed by atoms with Crippen molar-refractivity contribution in [2.24, 2.45) is 5.73 Å². The van der Waals surface area contributed by atoms with Crippen LogP contribution in [0.5, 0.6) is 0 Å². The summed E-state index contributed by atoms with van der Waals surface area (Å²) in [6.07, 6.45) is 0.995. The summed E-state index contributed by atoms with van der Waals surface area (Å²) in [5.41, 5.74) is 6.11. The van der Waals surface area contributed by atoms with Gasteiger partial charge in [0, 0.05) is 13.0 Å². The zero-order chi connectivity index (χ0) is 13.1. The van der Waals surface area contributed by atoms with Crippen molar-refractivity contribution < 1.29 is 14.0 Å². The third kappa shape index (κ3) is 2.56. The number of carbonyl (C=O) groups is 2. The maximum atomic E-state index is 13.4. The molecular formula is C13H15FN2O2. The van der Waals surface area contributed by atoms with Gasteiger partial charge in [0.2, 0.25) is 11.8 Å². The predicted molar refractivity (Wildman–Crippen MR) is 64.0 cm³/mol. The van der Waals surface area contributed by atoms with Crippen molar-refractivity contribution in [1.29, 1.82) is 0 Å². The van der Waals surface area contributed by atoms with Crippen LogP contribution in [-0.4, -0.2) is 29.3 Å². The molecule has 2 amide bonds. The molecule has 96 valence electrons. The van der Waals surface area contributed by atoms with Crippen LogP contribution in [0.3, 0.4) is 0 Å². The Balaban J connectivity index is 2.03. The highest BCUT2D eigenvalue weighted by molar-refractivity contribution is 6.00. The maximum absolute atomic E-state index is 13.4. The molecule has 1 saturated heterocycles. The summed E-state index contributed by atoms with van der Waals surface area (Å²) in [5.74, 6) is -0.903. The van der Waals surface area contributed by atoms with Crippen molar-refractivity contribution in [1.82, 2.24) is 4.90 Å². The minimum Gasteiger partial charge on any atom is -0.320 e. The summed E-state index contributed by atoms with van der Waals surface area (Å²) in [4.78, 5) is 24.5. The molecule has 18 heavy (non-hydrogen) atoms. The molecule has 5 heteroatoms. The smallest absolute Gasteiger partial charge is 0.246 e. The second kappa shape index (κ2) is 5.27. The van der Waals surface area contributed by atoms with E-state index in [4.69, 9.17) is 5.73 Å². The number of imide groups is 1. The average molecular weight is 250 g/mol. The number of rotatable bonds is 3. The molecule has 0 bridgehead atoms. The highest BCUT2D eigenvalue weighted by Gasteiger charge is 2.31. The number of carbonyl (C=O) groups excluding carboxylic acids is 2. The van der Waals surface area contributed by atoms with E-state index >= 15 is 0 Å². The Bertz CT molecular complexity index is 476. The first kappa shape index (κ1) is 12.7. The highest BCUT2D eigenvalue weighted by atomic mass is 19.1. The van der Waals surface area contributed by atoms with E-state index < -0.39 is 6.04 Å². The van der Waals surface area contributed by atoms with Crippen LogP contribution in [0.2, 0.25) is 0 Å². The Kier molecular flexibility index (Phi) is 3.72. The van der Waals surface area contributed by atoms with Gasteiger partial charge in [0.05, 0.1) is 6.04 Å². The Morgan fingerprint density at radius 1 is 1.33 bits per heavy atom. The van der Waals surface area contributed by atoms with Crippen molar-refractivity contribution in [3.8, 4) is 0 Å². The van der Waals surface area contributed by atoms with E-state index in [0.29, 0.717) is 18.4 Å². The summed E-state index contributed by atoms with van der Waals surface area (Å²) >= 11 is 0. The Hall–Kier alpha value is -1.75. The number of hydrogen-bond donors (Lipinski definition) is 1. The first-order valence-corrected chi connectivity index (χ1v) is 5.93. The fourth-order valence-corrected chi connectivity index (χ4v) is 2.03. The van der Waals surface area contributed by atoms with E-state index in [-0.39, 0.29) is 30.6 Å². The number of amides is 2. The lowest BCUT2D eigenvalue weighted by Gasteiger charge is -2.28. The van der Waals surface area contributed by atoms with Crippen LogP contribution in [0.1, 0.15) is 18.4 Å². The van der Waals surface area contributed by atoms with Crippen molar-refractivity contribution in [3.05, 3.63) is 35.6 Å². The first-order valence-electron chi connectivity index (χ1n) is 5.93. The Morgan fingerprint density at radius 3 is 2.78 bits per heavy atom. The summed E-state index contributed by atoms with van der Waals surface area (Å²) < 4.78 is 13.4. The lowest BCUT2D eigenvalue weighted by molar-refractivity contribution is -0.149. The normalized spacial score (nSPS) is 20.3. The fourth-order valence-electron chi connectivity index (χ4n) is 2.03.